The molecule has 0 spiro atoms. The van der Waals surface area contributed by atoms with Crippen molar-refractivity contribution in [2.45, 2.75) is 19.9 Å². The minimum Gasteiger partial charge on any atom is -0.383 e. The molecule has 5 nitrogen and oxygen atoms in total. The second kappa shape index (κ2) is 7.47. The third-order valence-electron chi connectivity index (χ3n) is 3.28. The highest BCUT2D eigenvalue weighted by Crippen LogP contribution is 2.07. The first kappa shape index (κ1) is 15.1. The Morgan fingerprint density at radius 2 is 2.05 bits per heavy atom. The van der Waals surface area contributed by atoms with Gasteiger partial charge in [0.05, 0.1) is 18.4 Å². The van der Waals surface area contributed by atoms with Crippen LogP contribution in [0.1, 0.15) is 13.3 Å². The van der Waals surface area contributed by atoms with Crippen LogP contribution in [0.4, 0.5) is 11.4 Å². The molecule has 0 aliphatic heterocycles. The van der Waals surface area contributed by atoms with Crippen LogP contribution in [0.3, 0.4) is 0 Å². The van der Waals surface area contributed by atoms with E-state index in [1.54, 1.807) is 12.3 Å². The minimum atomic E-state index is -0.0645. The summed E-state index contributed by atoms with van der Waals surface area (Å²) in [5.74, 6) is 0. The van der Waals surface area contributed by atoms with Crippen LogP contribution in [-0.4, -0.2) is 29.9 Å². The number of nitrogens with zero attached hydrogens (tertiary/aromatic N) is 3. The van der Waals surface area contributed by atoms with Gasteiger partial charge in [0.25, 0.3) is 5.56 Å². The molecular weight excluding hydrogens is 264 g/mol. The lowest BCUT2D eigenvalue weighted by Gasteiger charge is -2.17. The molecule has 2 rings (SSSR count). The summed E-state index contributed by atoms with van der Waals surface area (Å²) in [6.07, 6.45) is 2.79. The van der Waals surface area contributed by atoms with Gasteiger partial charge in [-0.15, -0.1) is 0 Å². The van der Waals surface area contributed by atoms with Gasteiger partial charge in [-0.2, -0.15) is 5.10 Å². The van der Waals surface area contributed by atoms with Crippen LogP contribution in [0, 0.1) is 0 Å². The molecule has 0 saturated heterocycles. The first-order valence-corrected chi connectivity index (χ1v) is 7.28. The molecule has 0 fully saturated rings. The van der Waals surface area contributed by atoms with Crippen molar-refractivity contribution in [3.63, 3.8) is 0 Å². The molecule has 0 aliphatic carbocycles. The molecule has 112 valence electrons. The Bertz CT molecular complexity index is 609. The predicted octanol–water partition coefficient (Wildman–Crippen LogP) is 2.20. The second-order valence-electron chi connectivity index (χ2n) is 4.99. The molecule has 0 amide bonds. The van der Waals surface area contributed by atoms with Crippen molar-refractivity contribution < 1.29 is 0 Å². The molecule has 1 heterocycles. The maximum absolute atomic E-state index is 12.0. The van der Waals surface area contributed by atoms with Gasteiger partial charge in [-0.25, -0.2) is 4.68 Å². The average molecular weight is 286 g/mol. The van der Waals surface area contributed by atoms with E-state index in [0.29, 0.717) is 13.1 Å². The van der Waals surface area contributed by atoms with E-state index in [1.807, 2.05) is 42.3 Å². The Kier molecular flexibility index (Phi) is 5.37. The highest BCUT2D eigenvalue weighted by Gasteiger charge is 2.04. The predicted molar refractivity (Wildman–Crippen MR) is 87.0 cm³/mol. The van der Waals surface area contributed by atoms with Crippen molar-refractivity contribution in [3.05, 3.63) is 52.9 Å². The van der Waals surface area contributed by atoms with E-state index in [-0.39, 0.29) is 5.56 Å². The van der Waals surface area contributed by atoms with Crippen molar-refractivity contribution in [2.24, 2.45) is 0 Å². The van der Waals surface area contributed by atoms with Crippen LogP contribution >= 0.6 is 0 Å². The molecule has 2 aromatic rings. The Labute approximate surface area is 125 Å². The molecular formula is C16H22N4O. The zero-order valence-electron chi connectivity index (χ0n) is 12.6. The van der Waals surface area contributed by atoms with Crippen LogP contribution in [0.5, 0.6) is 0 Å². The fourth-order valence-electron chi connectivity index (χ4n) is 2.13. The summed E-state index contributed by atoms with van der Waals surface area (Å²) in [6.45, 7) is 4.24. The summed E-state index contributed by atoms with van der Waals surface area (Å²) < 4.78 is 1.49. The Balaban J connectivity index is 1.93. The molecule has 1 N–H and O–H groups in total. The van der Waals surface area contributed by atoms with E-state index < -0.39 is 0 Å². The number of benzene rings is 1. The SMILES string of the molecule is CCCN(C)c1cnn(CCNc2ccccc2)c(=O)c1. The number of aromatic nitrogens is 2. The second-order valence-corrected chi connectivity index (χ2v) is 4.99. The van der Waals surface area contributed by atoms with Crippen LogP contribution < -0.4 is 15.8 Å². The van der Waals surface area contributed by atoms with Gasteiger partial charge in [-0.3, -0.25) is 4.79 Å². The molecule has 5 heteroatoms. The molecule has 0 aliphatic rings. The van der Waals surface area contributed by atoms with Gasteiger partial charge < -0.3 is 10.2 Å². The quantitative estimate of drug-likeness (QED) is 0.848. The third-order valence-corrected chi connectivity index (χ3v) is 3.28. The number of hydrogen-bond acceptors (Lipinski definition) is 4. The Hall–Kier alpha value is -2.30. The van der Waals surface area contributed by atoms with Crippen molar-refractivity contribution in [1.29, 1.82) is 0 Å². The van der Waals surface area contributed by atoms with Gasteiger partial charge in [0.15, 0.2) is 0 Å². The van der Waals surface area contributed by atoms with E-state index in [2.05, 4.69) is 17.3 Å². The monoisotopic (exact) mass is 286 g/mol. The van der Waals surface area contributed by atoms with Crippen LogP contribution in [0.2, 0.25) is 0 Å². The van der Waals surface area contributed by atoms with E-state index in [9.17, 15) is 4.79 Å². The summed E-state index contributed by atoms with van der Waals surface area (Å²) in [4.78, 5) is 14.1. The number of anilines is 2. The Morgan fingerprint density at radius 1 is 1.29 bits per heavy atom. The van der Waals surface area contributed by atoms with E-state index in [0.717, 1.165) is 24.3 Å². The molecule has 21 heavy (non-hydrogen) atoms. The molecule has 0 saturated carbocycles. The molecule has 0 radical (unpaired) electrons. The number of para-hydroxylation sites is 1. The maximum Gasteiger partial charge on any atom is 0.268 e. The van der Waals surface area contributed by atoms with Gasteiger partial charge in [0.1, 0.15) is 0 Å². The van der Waals surface area contributed by atoms with Crippen molar-refractivity contribution in [1.82, 2.24) is 9.78 Å². The lowest BCUT2D eigenvalue weighted by atomic mass is 10.3. The summed E-state index contributed by atoms with van der Waals surface area (Å²) in [6, 6.07) is 11.6. The average Bonchev–Trinajstić information content (AvgIpc) is 2.50. The van der Waals surface area contributed by atoms with Crippen molar-refractivity contribution in [3.8, 4) is 0 Å². The van der Waals surface area contributed by atoms with Gasteiger partial charge in [-0.1, -0.05) is 25.1 Å². The summed E-state index contributed by atoms with van der Waals surface area (Å²) >= 11 is 0. The lowest BCUT2D eigenvalue weighted by molar-refractivity contribution is 0.596. The smallest absolute Gasteiger partial charge is 0.268 e. The number of nitrogens with one attached hydrogen (secondary N) is 1. The molecule has 0 bridgehead atoms. The fourth-order valence-corrected chi connectivity index (χ4v) is 2.13. The Morgan fingerprint density at radius 3 is 2.71 bits per heavy atom. The summed E-state index contributed by atoms with van der Waals surface area (Å²) in [7, 11) is 1.97. The van der Waals surface area contributed by atoms with Gasteiger partial charge >= 0.3 is 0 Å². The normalized spacial score (nSPS) is 10.4. The fraction of sp³-hybridized carbons (Fsp3) is 0.375. The third kappa shape index (κ3) is 4.34. The first-order valence-electron chi connectivity index (χ1n) is 7.28. The van der Waals surface area contributed by atoms with E-state index in [4.69, 9.17) is 0 Å². The maximum atomic E-state index is 12.0. The van der Waals surface area contributed by atoms with E-state index >= 15 is 0 Å². The van der Waals surface area contributed by atoms with Gasteiger partial charge in [0, 0.05) is 31.9 Å². The summed E-state index contributed by atoms with van der Waals surface area (Å²) in [5.41, 5.74) is 1.85. The van der Waals surface area contributed by atoms with Crippen molar-refractivity contribution in [2.75, 3.05) is 30.4 Å². The first-order chi connectivity index (χ1) is 10.2. The zero-order valence-corrected chi connectivity index (χ0v) is 12.6. The topological polar surface area (TPSA) is 50.2 Å². The zero-order chi connectivity index (χ0) is 15.1. The van der Waals surface area contributed by atoms with Crippen molar-refractivity contribution >= 4 is 11.4 Å². The van der Waals surface area contributed by atoms with Crippen LogP contribution in [0.25, 0.3) is 0 Å². The summed E-state index contributed by atoms with van der Waals surface area (Å²) in [5, 5.41) is 7.50. The largest absolute Gasteiger partial charge is 0.383 e. The molecule has 0 unspecified atom stereocenters. The highest BCUT2D eigenvalue weighted by atomic mass is 16.1. The standard InChI is InChI=1S/C16H22N4O/c1-3-10-19(2)15-12-16(21)20(18-13-15)11-9-17-14-7-5-4-6-8-14/h4-8,12-13,17H,3,9-11H2,1-2H3. The molecule has 1 aromatic carbocycles. The lowest BCUT2D eigenvalue weighted by Crippen LogP contribution is -2.28. The van der Waals surface area contributed by atoms with Gasteiger partial charge in [-0.05, 0) is 18.6 Å². The number of hydrogen-bond donors (Lipinski definition) is 1. The van der Waals surface area contributed by atoms with Crippen LogP contribution in [0.15, 0.2) is 47.4 Å². The molecule has 1 aromatic heterocycles. The number of rotatable bonds is 7. The van der Waals surface area contributed by atoms with Crippen LogP contribution in [-0.2, 0) is 6.54 Å². The minimum absolute atomic E-state index is 0.0645. The molecule has 0 atom stereocenters. The van der Waals surface area contributed by atoms with E-state index in [1.165, 1.54) is 4.68 Å². The highest BCUT2D eigenvalue weighted by molar-refractivity contribution is 5.42. The van der Waals surface area contributed by atoms with Gasteiger partial charge in [0.2, 0.25) is 0 Å².